The molecular weight excluding hydrogens is 476 g/mol. The summed E-state index contributed by atoms with van der Waals surface area (Å²) >= 11 is 0. The van der Waals surface area contributed by atoms with Gasteiger partial charge < -0.3 is 20.9 Å². The van der Waals surface area contributed by atoms with E-state index in [0.717, 1.165) is 34.4 Å². The monoisotopic (exact) mass is 504 g/mol. The molecule has 0 spiro atoms. The van der Waals surface area contributed by atoms with Gasteiger partial charge in [0.15, 0.2) is 0 Å². The molecule has 1 aliphatic heterocycles. The number of rotatable bonds is 6. The number of benzene rings is 2. The van der Waals surface area contributed by atoms with Crippen LogP contribution in [-0.2, 0) is 11.2 Å². The van der Waals surface area contributed by atoms with Crippen molar-refractivity contribution < 1.29 is 9.59 Å². The molecule has 5 rings (SSSR count). The first-order valence-electron chi connectivity index (χ1n) is 12.3. The predicted octanol–water partition coefficient (Wildman–Crippen LogP) is 5.28. The van der Waals surface area contributed by atoms with Gasteiger partial charge in [0.05, 0.1) is 23.8 Å². The van der Waals surface area contributed by atoms with Gasteiger partial charge in [0.25, 0.3) is 5.91 Å². The minimum absolute atomic E-state index is 0.200. The van der Waals surface area contributed by atoms with Crippen LogP contribution in [-0.4, -0.2) is 47.4 Å². The maximum Gasteiger partial charge on any atom is 0.321 e. The van der Waals surface area contributed by atoms with Crippen LogP contribution in [0.4, 0.5) is 21.9 Å². The third kappa shape index (κ3) is 5.70. The van der Waals surface area contributed by atoms with E-state index < -0.39 is 0 Å². The van der Waals surface area contributed by atoms with Crippen LogP contribution < -0.4 is 16.0 Å². The Bertz CT molecular complexity index is 1510. The van der Waals surface area contributed by atoms with Crippen molar-refractivity contribution in [3.63, 3.8) is 0 Å². The number of anilines is 3. The maximum atomic E-state index is 13.4. The third-order valence-corrected chi connectivity index (χ3v) is 6.19. The molecule has 0 fully saturated rings. The van der Waals surface area contributed by atoms with Crippen molar-refractivity contribution in [1.82, 2.24) is 14.9 Å². The number of fused-ring (bicyclic) bond motifs is 1. The summed E-state index contributed by atoms with van der Waals surface area (Å²) in [5.41, 5.74) is 7.40. The molecule has 0 atom stereocenters. The van der Waals surface area contributed by atoms with Crippen molar-refractivity contribution in [2.75, 3.05) is 36.6 Å². The van der Waals surface area contributed by atoms with E-state index in [-0.39, 0.29) is 11.9 Å². The van der Waals surface area contributed by atoms with Crippen LogP contribution in [0, 0.1) is 0 Å². The number of hydrogen-bond acceptors (Lipinski definition) is 5. The fourth-order valence-corrected chi connectivity index (χ4v) is 4.27. The fourth-order valence-electron chi connectivity index (χ4n) is 4.27. The maximum absolute atomic E-state index is 13.4. The number of urea groups is 1. The summed E-state index contributed by atoms with van der Waals surface area (Å²) in [6.07, 6.45) is 9.43. The molecule has 0 saturated heterocycles. The Labute approximate surface area is 221 Å². The molecule has 0 saturated carbocycles. The summed E-state index contributed by atoms with van der Waals surface area (Å²) in [6, 6.07) is 19.6. The standard InChI is InChI=1S/C30H28N6O2/c1-36(2)30(38)35-25-14-23(17-32-19-25)22-8-9-28-27(15-22)26(10-11-33-28)29(37)34-24-13-21(16-31-18-24)12-20-6-4-3-5-7-20/h3-10,13-19,33H,11-12H2,1-2H3,(H,34,37)(H,35,38). The number of pyridine rings is 2. The quantitative estimate of drug-likeness (QED) is 0.332. The molecule has 2 aromatic heterocycles. The zero-order valence-corrected chi connectivity index (χ0v) is 21.2. The minimum Gasteiger partial charge on any atom is -0.381 e. The number of nitrogens with one attached hydrogen (secondary N) is 3. The molecular formula is C30H28N6O2. The highest BCUT2D eigenvalue weighted by molar-refractivity contribution is 6.27. The molecule has 0 bridgehead atoms. The lowest BCUT2D eigenvalue weighted by Crippen LogP contribution is -2.27. The molecule has 8 nitrogen and oxygen atoms in total. The van der Waals surface area contributed by atoms with Gasteiger partial charge in [-0.1, -0.05) is 42.5 Å². The lowest BCUT2D eigenvalue weighted by molar-refractivity contribution is -0.111. The number of amides is 3. The van der Waals surface area contributed by atoms with Gasteiger partial charge in [-0.2, -0.15) is 0 Å². The lowest BCUT2D eigenvalue weighted by atomic mass is 9.95. The Hall–Kier alpha value is -4.98. The molecule has 8 heteroatoms. The molecule has 3 N–H and O–H groups in total. The van der Waals surface area contributed by atoms with Crippen molar-refractivity contribution >= 4 is 34.6 Å². The van der Waals surface area contributed by atoms with Gasteiger partial charge >= 0.3 is 6.03 Å². The molecule has 0 aliphatic carbocycles. The van der Waals surface area contributed by atoms with Crippen molar-refractivity contribution in [2.24, 2.45) is 0 Å². The van der Waals surface area contributed by atoms with Crippen LogP contribution in [0.5, 0.6) is 0 Å². The van der Waals surface area contributed by atoms with Gasteiger partial charge in [0.1, 0.15) is 0 Å². The predicted molar refractivity (Wildman–Crippen MR) is 151 cm³/mol. The van der Waals surface area contributed by atoms with Crippen LogP contribution in [0.3, 0.4) is 0 Å². The van der Waals surface area contributed by atoms with Gasteiger partial charge in [-0.3, -0.25) is 14.8 Å². The van der Waals surface area contributed by atoms with Crippen LogP contribution in [0.15, 0.2) is 91.5 Å². The number of aromatic nitrogens is 2. The van der Waals surface area contributed by atoms with Gasteiger partial charge in [-0.25, -0.2) is 4.79 Å². The number of nitrogens with zero attached hydrogens (tertiary/aromatic N) is 3. The van der Waals surface area contributed by atoms with Gasteiger partial charge in [-0.05, 0) is 47.4 Å². The van der Waals surface area contributed by atoms with Gasteiger partial charge in [0, 0.05) is 55.4 Å². The second-order valence-corrected chi connectivity index (χ2v) is 9.24. The van der Waals surface area contributed by atoms with Crippen LogP contribution in [0.2, 0.25) is 0 Å². The summed E-state index contributed by atoms with van der Waals surface area (Å²) < 4.78 is 0. The zero-order valence-electron chi connectivity index (χ0n) is 21.2. The van der Waals surface area contributed by atoms with E-state index in [9.17, 15) is 9.59 Å². The van der Waals surface area contributed by atoms with Crippen molar-refractivity contribution in [1.29, 1.82) is 0 Å². The normalized spacial score (nSPS) is 12.0. The second-order valence-electron chi connectivity index (χ2n) is 9.24. The van der Waals surface area contributed by atoms with E-state index in [4.69, 9.17) is 0 Å². The molecule has 38 heavy (non-hydrogen) atoms. The van der Waals surface area contributed by atoms with E-state index in [0.29, 0.717) is 23.5 Å². The first-order valence-corrected chi connectivity index (χ1v) is 12.3. The second kappa shape index (κ2) is 11.0. The van der Waals surface area contributed by atoms with Crippen LogP contribution in [0.25, 0.3) is 16.7 Å². The van der Waals surface area contributed by atoms with Gasteiger partial charge in [0.2, 0.25) is 0 Å². The first kappa shape index (κ1) is 24.7. The molecule has 3 amide bonds. The van der Waals surface area contributed by atoms with E-state index in [1.54, 1.807) is 32.7 Å². The van der Waals surface area contributed by atoms with Gasteiger partial charge in [-0.15, -0.1) is 0 Å². The highest BCUT2D eigenvalue weighted by Gasteiger charge is 2.20. The number of carbonyl (C=O) groups is 2. The Morgan fingerprint density at radius 2 is 1.61 bits per heavy atom. The molecule has 0 unspecified atom stereocenters. The van der Waals surface area contributed by atoms with E-state index in [2.05, 4.69) is 38.1 Å². The Kier molecular flexibility index (Phi) is 7.13. The molecule has 0 radical (unpaired) electrons. The SMILES string of the molecule is CN(C)C(=O)Nc1cncc(-c2ccc3c(c2)C(C(=O)Nc2cncc(Cc4ccccc4)c2)=CCN3)c1. The summed E-state index contributed by atoms with van der Waals surface area (Å²) in [7, 11) is 3.36. The summed E-state index contributed by atoms with van der Waals surface area (Å²) in [5.74, 6) is -0.200. The first-order chi connectivity index (χ1) is 18.5. The molecule has 190 valence electrons. The van der Waals surface area contributed by atoms with Crippen molar-refractivity contribution in [3.8, 4) is 11.1 Å². The Balaban J connectivity index is 1.36. The Morgan fingerprint density at radius 1 is 0.842 bits per heavy atom. The smallest absolute Gasteiger partial charge is 0.321 e. The minimum atomic E-state index is -0.234. The Morgan fingerprint density at radius 3 is 2.39 bits per heavy atom. The van der Waals surface area contributed by atoms with E-state index in [1.165, 1.54) is 10.5 Å². The molecule has 4 aromatic rings. The zero-order chi connectivity index (χ0) is 26.5. The topological polar surface area (TPSA) is 99.2 Å². The van der Waals surface area contributed by atoms with Crippen LogP contribution in [0.1, 0.15) is 16.7 Å². The fraction of sp³-hybridized carbons (Fsp3) is 0.133. The molecule has 3 heterocycles. The number of carbonyl (C=O) groups excluding carboxylic acids is 2. The number of hydrogen-bond donors (Lipinski definition) is 3. The summed E-state index contributed by atoms with van der Waals surface area (Å²) in [4.78, 5) is 35.5. The summed E-state index contributed by atoms with van der Waals surface area (Å²) in [6.45, 7) is 0.551. The molecule has 2 aromatic carbocycles. The summed E-state index contributed by atoms with van der Waals surface area (Å²) in [5, 5.41) is 9.17. The van der Waals surface area contributed by atoms with Crippen molar-refractivity contribution in [3.05, 3.63) is 108 Å². The third-order valence-electron chi connectivity index (χ3n) is 6.19. The van der Waals surface area contributed by atoms with Crippen LogP contribution >= 0.6 is 0 Å². The van der Waals surface area contributed by atoms with Crippen molar-refractivity contribution in [2.45, 2.75) is 6.42 Å². The lowest BCUT2D eigenvalue weighted by Gasteiger charge is -2.20. The van der Waals surface area contributed by atoms with E-state index >= 15 is 0 Å². The average Bonchev–Trinajstić information content (AvgIpc) is 2.93. The average molecular weight is 505 g/mol. The van der Waals surface area contributed by atoms with E-state index in [1.807, 2.05) is 60.8 Å². The molecule has 1 aliphatic rings. The highest BCUT2D eigenvalue weighted by Crippen LogP contribution is 2.33. The largest absolute Gasteiger partial charge is 0.381 e. The highest BCUT2D eigenvalue weighted by atomic mass is 16.2.